The first-order chi connectivity index (χ1) is 7.13. The van der Waals surface area contributed by atoms with Gasteiger partial charge in [0.15, 0.2) is 0 Å². The van der Waals surface area contributed by atoms with E-state index in [0.29, 0.717) is 0 Å². The van der Waals surface area contributed by atoms with Gasteiger partial charge in [0, 0.05) is 6.42 Å². The van der Waals surface area contributed by atoms with Crippen LogP contribution < -0.4 is 5.30 Å². The zero-order valence-electron chi connectivity index (χ0n) is 8.69. The summed E-state index contributed by atoms with van der Waals surface area (Å²) in [5.74, 6) is -0.745. The molecule has 0 unspecified atom stereocenters. The molecule has 0 amide bonds. The Morgan fingerprint density at radius 1 is 1.12 bits per heavy atom. The van der Waals surface area contributed by atoms with Gasteiger partial charge in [-0.1, -0.05) is 6.92 Å². The van der Waals surface area contributed by atoms with Crippen LogP contribution >= 0.6 is 7.51 Å². The van der Waals surface area contributed by atoms with E-state index >= 15 is 0 Å². The van der Waals surface area contributed by atoms with Gasteiger partial charge in [-0.15, -0.1) is 0 Å². The van der Waals surface area contributed by atoms with Crippen LogP contribution in [0, 0.1) is 0 Å². The van der Waals surface area contributed by atoms with Crippen LogP contribution in [0.5, 0.6) is 0 Å². The summed E-state index contributed by atoms with van der Waals surface area (Å²) in [6, 6.07) is 7.06. The number of hydrogen-bond acceptors (Lipinski definition) is 5. The number of carboxylic acids is 1. The average Bonchev–Trinajstić information content (AvgIpc) is 2.18. The normalized spacial score (nSPS) is 12.9. The molecule has 6 nitrogen and oxygen atoms in total. The molecule has 0 bridgehead atoms. The number of benzene rings is 1. The van der Waals surface area contributed by atoms with Crippen LogP contribution in [0.3, 0.4) is 0 Å². The Morgan fingerprint density at radius 2 is 1.50 bits per heavy atom. The van der Waals surface area contributed by atoms with Gasteiger partial charge >= 0.3 is 68.7 Å². The van der Waals surface area contributed by atoms with Crippen molar-refractivity contribution >= 4 is 18.8 Å². The van der Waals surface area contributed by atoms with Gasteiger partial charge < -0.3 is 5.11 Å². The molecule has 0 saturated carbocycles. The van der Waals surface area contributed by atoms with E-state index in [2.05, 4.69) is 0 Å². The van der Waals surface area contributed by atoms with Crippen LogP contribution in [0.1, 0.15) is 13.3 Å². The summed E-state index contributed by atoms with van der Waals surface area (Å²) >= 11 is 0. The molecule has 0 aliphatic rings. The molecule has 0 fully saturated rings. The van der Waals surface area contributed by atoms with Gasteiger partial charge in [0.1, 0.15) is 0 Å². The molecule has 7 heteroatoms. The molecular formula is C9H15O6P. The molecule has 0 atom stereocenters. The standard InChI is InChI=1S/C6H9O4P.C3H6O2/c7-11(8,9,10)6-4-2-1-3-5-6;1-2-3(4)5/h1-5,7-10H;2H2,1H3,(H,4,5). The number of aliphatic carboxylic acids is 1. The van der Waals surface area contributed by atoms with E-state index in [1.807, 2.05) is 0 Å². The quantitative estimate of drug-likeness (QED) is 0.470. The van der Waals surface area contributed by atoms with Gasteiger partial charge in [0.25, 0.3) is 0 Å². The van der Waals surface area contributed by atoms with E-state index in [4.69, 9.17) is 24.7 Å². The number of rotatable bonds is 2. The van der Waals surface area contributed by atoms with Crippen molar-refractivity contribution in [2.75, 3.05) is 0 Å². The third kappa shape index (κ3) is 6.44. The molecule has 1 rings (SSSR count). The van der Waals surface area contributed by atoms with Crippen LogP contribution in [-0.4, -0.2) is 30.6 Å². The molecular weight excluding hydrogens is 235 g/mol. The Labute approximate surface area is 92.7 Å². The van der Waals surface area contributed by atoms with E-state index in [9.17, 15) is 4.79 Å². The SMILES string of the molecule is CCC(=O)O.OP(O)(O)(O)c1ccccc1. The van der Waals surface area contributed by atoms with Crippen LogP contribution in [-0.2, 0) is 4.79 Å². The fourth-order valence-corrected chi connectivity index (χ4v) is 1.40. The predicted molar refractivity (Wildman–Crippen MR) is 59.8 cm³/mol. The van der Waals surface area contributed by atoms with Crippen molar-refractivity contribution in [1.29, 1.82) is 0 Å². The van der Waals surface area contributed by atoms with Crippen molar-refractivity contribution in [2.45, 2.75) is 13.3 Å². The summed E-state index contributed by atoms with van der Waals surface area (Å²) in [6.07, 6.45) is 0.222. The zero-order valence-corrected chi connectivity index (χ0v) is 9.58. The van der Waals surface area contributed by atoms with Gasteiger partial charge in [-0.05, 0) is 0 Å². The maximum absolute atomic E-state index is 9.37. The topological polar surface area (TPSA) is 118 Å². The van der Waals surface area contributed by atoms with Crippen LogP contribution in [0.4, 0.5) is 0 Å². The van der Waals surface area contributed by atoms with Gasteiger partial charge in [-0.3, -0.25) is 4.79 Å². The van der Waals surface area contributed by atoms with Gasteiger partial charge in [0.2, 0.25) is 0 Å². The molecule has 0 spiro atoms. The van der Waals surface area contributed by atoms with Crippen molar-refractivity contribution in [3.63, 3.8) is 0 Å². The second-order valence-corrected chi connectivity index (χ2v) is 5.41. The van der Waals surface area contributed by atoms with Crippen LogP contribution in [0.2, 0.25) is 0 Å². The molecule has 92 valence electrons. The van der Waals surface area contributed by atoms with E-state index in [1.165, 1.54) is 24.3 Å². The Morgan fingerprint density at radius 3 is 1.69 bits per heavy atom. The molecule has 1 aromatic rings. The monoisotopic (exact) mass is 250 g/mol. The average molecular weight is 250 g/mol. The summed E-state index contributed by atoms with van der Waals surface area (Å²) in [5.41, 5.74) is 0. The van der Waals surface area contributed by atoms with Crippen molar-refractivity contribution < 1.29 is 29.5 Å². The first-order valence-electron chi connectivity index (χ1n) is 4.42. The van der Waals surface area contributed by atoms with Crippen molar-refractivity contribution in [2.24, 2.45) is 0 Å². The number of carboxylic acid groups (broad SMARTS) is 1. The summed E-state index contributed by atoms with van der Waals surface area (Å²) in [5, 5.41) is 7.46. The molecule has 0 saturated heterocycles. The summed E-state index contributed by atoms with van der Waals surface area (Å²) in [4.78, 5) is 44.4. The van der Waals surface area contributed by atoms with Gasteiger partial charge in [-0.2, -0.15) is 0 Å². The maximum atomic E-state index is 9.37. The third-order valence-electron chi connectivity index (χ3n) is 1.52. The minimum absolute atomic E-state index is 0.222. The minimum atomic E-state index is -5.49. The zero-order chi connectivity index (χ0) is 12.8. The Hall–Kier alpha value is -1.04. The van der Waals surface area contributed by atoms with Gasteiger partial charge in [0.05, 0.1) is 0 Å². The second kappa shape index (κ2) is 5.34. The van der Waals surface area contributed by atoms with E-state index in [0.717, 1.165) is 0 Å². The summed E-state index contributed by atoms with van der Waals surface area (Å²) in [6.45, 7) is 1.60. The third-order valence-corrected chi connectivity index (χ3v) is 2.74. The first kappa shape index (κ1) is 15.0. The van der Waals surface area contributed by atoms with Crippen molar-refractivity contribution in [3.05, 3.63) is 30.3 Å². The molecule has 0 aliphatic heterocycles. The first-order valence-corrected chi connectivity index (χ1v) is 6.47. The van der Waals surface area contributed by atoms with Crippen molar-refractivity contribution in [3.8, 4) is 0 Å². The molecule has 0 heterocycles. The molecule has 5 N–H and O–H groups in total. The Balaban J connectivity index is 0.000000385. The predicted octanol–water partition coefficient (Wildman–Crippen LogP) is -0.0246. The van der Waals surface area contributed by atoms with E-state index in [-0.39, 0.29) is 11.7 Å². The fraction of sp³-hybridized carbons (Fsp3) is 0.222. The van der Waals surface area contributed by atoms with E-state index in [1.54, 1.807) is 13.0 Å². The molecule has 1 aromatic carbocycles. The van der Waals surface area contributed by atoms with Crippen molar-refractivity contribution in [1.82, 2.24) is 0 Å². The summed E-state index contributed by atoms with van der Waals surface area (Å²) < 4.78 is 0. The Bertz CT molecular complexity index is 333. The van der Waals surface area contributed by atoms with Crippen LogP contribution in [0.15, 0.2) is 30.3 Å². The second-order valence-electron chi connectivity index (χ2n) is 3.02. The molecule has 0 aromatic heterocycles. The summed E-state index contributed by atoms with van der Waals surface area (Å²) in [7, 11) is -5.49. The molecule has 16 heavy (non-hydrogen) atoms. The fourth-order valence-electron chi connectivity index (χ4n) is 0.695. The molecule has 0 aliphatic carbocycles. The number of hydrogen-bond donors (Lipinski definition) is 5. The molecule has 0 radical (unpaired) electrons. The van der Waals surface area contributed by atoms with Gasteiger partial charge in [-0.25, -0.2) is 0 Å². The van der Waals surface area contributed by atoms with E-state index < -0.39 is 13.5 Å². The number of carbonyl (C=O) groups is 1. The Kier molecular flexibility index (Phi) is 4.99. The van der Waals surface area contributed by atoms with Crippen LogP contribution in [0.25, 0.3) is 0 Å².